The smallest absolute Gasteiger partial charge is 0.245 e. The highest BCUT2D eigenvalue weighted by atomic mass is 32.2. The molecule has 0 saturated heterocycles. The van der Waals surface area contributed by atoms with Crippen LogP contribution in [0.2, 0.25) is 0 Å². The van der Waals surface area contributed by atoms with Gasteiger partial charge in [0.15, 0.2) is 0 Å². The quantitative estimate of drug-likeness (QED) is 0.859. The lowest BCUT2D eigenvalue weighted by Crippen LogP contribution is -2.27. The number of hydrogen-bond donors (Lipinski definition) is 1. The molecule has 0 unspecified atom stereocenters. The summed E-state index contributed by atoms with van der Waals surface area (Å²) in [5.74, 6) is 0. The van der Waals surface area contributed by atoms with Crippen LogP contribution in [0.1, 0.15) is 5.56 Å². The van der Waals surface area contributed by atoms with Crippen LogP contribution in [0, 0.1) is 0 Å². The third-order valence-electron chi connectivity index (χ3n) is 2.76. The molecule has 0 saturated carbocycles. The molecule has 0 aliphatic carbocycles. The number of aromatic nitrogens is 1. The summed E-state index contributed by atoms with van der Waals surface area (Å²) in [5, 5.41) is 0. The van der Waals surface area contributed by atoms with Gasteiger partial charge in [0, 0.05) is 26.0 Å². The monoisotopic (exact) mass is 277 g/mol. The molecule has 0 aliphatic rings. The molecule has 19 heavy (non-hydrogen) atoms. The highest BCUT2D eigenvalue weighted by molar-refractivity contribution is 7.89. The van der Waals surface area contributed by atoms with Crippen LogP contribution in [0.3, 0.4) is 0 Å². The van der Waals surface area contributed by atoms with E-state index in [0.717, 1.165) is 5.56 Å². The van der Waals surface area contributed by atoms with E-state index in [4.69, 9.17) is 5.73 Å². The number of nitrogens with zero attached hydrogens (tertiary/aromatic N) is 2. The lowest BCUT2D eigenvalue weighted by atomic mass is 10.3. The van der Waals surface area contributed by atoms with Gasteiger partial charge in [0.2, 0.25) is 10.0 Å². The molecule has 0 amide bonds. The zero-order chi connectivity index (χ0) is 13.9. The molecular weight excluding hydrogens is 262 g/mol. The van der Waals surface area contributed by atoms with Crippen LogP contribution >= 0.6 is 0 Å². The minimum atomic E-state index is -3.58. The first-order valence-corrected chi connectivity index (χ1v) is 7.15. The molecule has 0 spiro atoms. The van der Waals surface area contributed by atoms with Gasteiger partial charge in [-0.1, -0.05) is 12.1 Å². The molecule has 1 heterocycles. The molecule has 2 N–H and O–H groups in total. The Morgan fingerprint density at radius 2 is 1.79 bits per heavy atom. The van der Waals surface area contributed by atoms with Crippen LogP contribution < -0.4 is 5.73 Å². The minimum absolute atomic E-state index is 0.131. The highest BCUT2D eigenvalue weighted by Gasteiger charge is 2.22. The molecule has 0 radical (unpaired) electrons. The van der Waals surface area contributed by atoms with Crippen molar-refractivity contribution in [2.75, 3.05) is 12.8 Å². The van der Waals surface area contributed by atoms with Gasteiger partial charge in [0.1, 0.15) is 4.90 Å². The van der Waals surface area contributed by atoms with Crippen LogP contribution in [-0.2, 0) is 16.6 Å². The second-order valence-electron chi connectivity index (χ2n) is 4.15. The van der Waals surface area contributed by atoms with E-state index in [1.165, 1.54) is 17.4 Å². The van der Waals surface area contributed by atoms with Gasteiger partial charge in [0.25, 0.3) is 0 Å². The minimum Gasteiger partial charge on any atom is -0.398 e. The maximum absolute atomic E-state index is 12.4. The molecule has 0 fully saturated rings. The summed E-state index contributed by atoms with van der Waals surface area (Å²) < 4.78 is 26.0. The summed E-state index contributed by atoms with van der Waals surface area (Å²) in [6, 6.07) is 10.0. The van der Waals surface area contributed by atoms with Crippen molar-refractivity contribution in [1.82, 2.24) is 9.29 Å². The van der Waals surface area contributed by atoms with Gasteiger partial charge in [-0.3, -0.25) is 4.98 Å². The van der Waals surface area contributed by atoms with Crippen LogP contribution in [0.25, 0.3) is 0 Å². The number of rotatable bonds is 4. The summed E-state index contributed by atoms with van der Waals surface area (Å²) in [6.45, 7) is 0.277. The maximum Gasteiger partial charge on any atom is 0.245 e. The summed E-state index contributed by atoms with van der Waals surface area (Å²) in [6.07, 6.45) is 3.26. The molecular formula is C13H15N3O2S. The van der Waals surface area contributed by atoms with Crippen molar-refractivity contribution in [1.29, 1.82) is 0 Å². The van der Waals surface area contributed by atoms with Crippen molar-refractivity contribution in [3.63, 3.8) is 0 Å². The number of benzene rings is 1. The Morgan fingerprint density at radius 3 is 2.42 bits per heavy atom. The largest absolute Gasteiger partial charge is 0.398 e. The van der Waals surface area contributed by atoms with Gasteiger partial charge in [-0.25, -0.2) is 8.42 Å². The van der Waals surface area contributed by atoms with E-state index >= 15 is 0 Å². The topological polar surface area (TPSA) is 76.3 Å². The van der Waals surface area contributed by atoms with Crippen molar-refractivity contribution in [2.24, 2.45) is 0 Å². The van der Waals surface area contributed by atoms with Crippen LogP contribution in [-0.4, -0.2) is 24.8 Å². The molecule has 1 aromatic carbocycles. The van der Waals surface area contributed by atoms with E-state index in [9.17, 15) is 8.42 Å². The second kappa shape index (κ2) is 5.38. The average molecular weight is 277 g/mol. The first-order valence-electron chi connectivity index (χ1n) is 5.71. The third-order valence-corrected chi connectivity index (χ3v) is 4.64. The predicted octanol–water partition coefficient (Wildman–Crippen LogP) is 1.48. The zero-order valence-electron chi connectivity index (χ0n) is 10.5. The molecule has 6 heteroatoms. The fraction of sp³-hybridized carbons (Fsp3) is 0.154. The van der Waals surface area contributed by atoms with Gasteiger partial charge >= 0.3 is 0 Å². The maximum atomic E-state index is 12.4. The lowest BCUT2D eigenvalue weighted by molar-refractivity contribution is 0.467. The number of sulfonamides is 1. The average Bonchev–Trinajstić information content (AvgIpc) is 2.40. The lowest BCUT2D eigenvalue weighted by Gasteiger charge is -2.18. The van der Waals surface area contributed by atoms with Crippen LogP contribution in [0.15, 0.2) is 53.7 Å². The Hall–Kier alpha value is -1.92. The summed E-state index contributed by atoms with van der Waals surface area (Å²) in [4.78, 5) is 4.03. The molecule has 0 bridgehead atoms. The van der Waals surface area contributed by atoms with E-state index in [1.807, 2.05) is 0 Å². The number of hydrogen-bond acceptors (Lipinski definition) is 4. The number of nitrogens with two attached hydrogens (primary N) is 1. The Labute approximate surface area is 112 Å². The van der Waals surface area contributed by atoms with Gasteiger partial charge in [-0.05, 0) is 29.8 Å². The predicted molar refractivity (Wildman–Crippen MR) is 73.7 cm³/mol. The zero-order valence-corrected chi connectivity index (χ0v) is 11.3. The summed E-state index contributed by atoms with van der Waals surface area (Å²) in [7, 11) is -2.05. The molecule has 0 aliphatic heterocycles. The van der Waals surface area contributed by atoms with Gasteiger partial charge < -0.3 is 5.73 Å². The van der Waals surface area contributed by atoms with E-state index in [2.05, 4.69) is 4.98 Å². The number of anilines is 1. The van der Waals surface area contributed by atoms with Gasteiger partial charge in [0.05, 0.1) is 5.69 Å². The molecule has 2 aromatic rings. The molecule has 5 nitrogen and oxygen atoms in total. The van der Waals surface area contributed by atoms with Crippen LogP contribution in [0.5, 0.6) is 0 Å². The van der Waals surface area contributed by atoms with E-state index in [0.29, 0.717) is 0 Å². The van der Waals surface area contributed by atoms with E-state index in [1.54, 1.807) is 42.7 Å². The molecule has 0 atom stereocenters. The fourth-order valence-electron chi connectivity index (χ4n) is 1.71. The van der Waals surface area contributed by atoms with Crippen molar-refractivity contribution in [3.8, 4) is 0 Å². The van der Waals surface area contributed by atoms with Crippen molar-refractivity contribution in [2.45, 2.75) is 11.4 Å². The van der Waals surface area contributed by atoms with Gasteiger partial charge in [-0.2, -0.15) is 4.31 Å². The van der Waals surface area contributed by atoms with Crippen molar-refractivity contribution < 1.29 is 8.42 Å². The molecule has 1 aromatic heterocycles. The SMILES string of the molecule is CN(Cc1ccncc1)S(=O)(=O)c1ccccc1N. The van der Waals surface area contributed by atoms with E-state index in [-0.39, 0.29) is 17.1 Å². The Balaban J connectivity index is 2.28. The summed E-state index contributed by atoms with van der Waals surface area (Å²) in [5.41, 5.74) is 6.85. The first-order chi connectivity index (χ1) is 9.01. The Morgan fingerprint density at radius 1 is 1.16 bits per heavy atom. The number of nitrogen functional groups attached to an aromatic ring is 1. The standard InChI is InChI=1S/C13H15N3O2S/c1-16(10-11-6-8-15-9-7-11)19(17,18)13-5-3-2-4-12(13)14/h2-9H,10,14H2,1H3. The van der Waals surface area contributed by atoms with Crippen LogP contribution in [0.4, 0.5) is 5.69 Å². The molecule has 2 rings (SSSR count). The third kappa shape index (κ3) is 2.91. The first kappa shape index (κ1) is 13.5. The Kier molecular flexibility index (Phi) is 3.82. The number of pyridine rings is 1. The van der Waals surface area contributed by atoms with Gasteiger partial charge in [-0.15, -0.1) is 0 Å². The number of para-hydroxylation sites is 1. The molecule has 100 valence electrons. The second-order valence-corrected chi connectivity index (χ2v) is 6.17. The fourth-order valence-corrected chi connectivity index (χ4v) is 2.98. The van der Waals surface area contributed by atoms with Crippen molar-refractivity contribution in [3.05, 3.63) is 54.4 Å². The van der Waals surface area contributed by atoms with E-state index < -0.39 is 10.0 Å². The van der Waals surface area contributed by atoms with Crippen molar-refractivity contribution >= 4 is 15.7 Å². The normalized spacial score (nSPS) is 11.7. The highest BCUT2D eigenvalue weighted by Crippen LogP contribution is 2.21. The summed E-state index contributed by atoms with van der Waals surface area (Å²) >= 11 is 0. The Bertz CT molecular complexity index is 657.